The number of likely N-dealkylation sites (tertiary alicyclic amines) is 1. The van der Waals surface area contributed by atoms with Crippen LogP contribution in [0.4, 0.5) is 5.69 Å². The van der Waals surface area contributed by atoms with Gasteiger partial charge in [-0.3, -0.25) is 14.9 Å². The molecule has 0 unspecified atom stereocenters. The molecule has 1 fully saturated rings. The first kappa shape index (κ1) is 15.9. The highest BCUT2D eigenvalue weighted by atomic mass is 16.6. The van der Waals surface area contributed by atoms with Gasteiger partial charge in [0.2, 0.25) is 5.88 Å². The van der Waals surface area contributed by atoms with Crippen molar-refractivity contribution in [3.8, 4) is 5.88 Å². The maximum atomic E-state index is 12.5. The minimum Gasteiger partial charge on any atom is -0.473 e. The topological polar surface area (TPSA) is 98.5 Å². The number of nitro groups is 1. The summed E-state index contributed by atoms with van der Waals surface area (Å²) >= 11 is 0. The van der Waals surface area contributed by atoms with Crippen molar-refractivity contribution in [1.29, 1.82) is 0 Å². The number of aromatic nitrogens is 2. The lowest BCUT2D eigenvalue weighted by Crippen LogP contribution is -2.42. The van der Waals surface area contributed by atoms with Crippen LogP contribution >= 0.6 is 0 Å². The van der Waals surface area contributed by atoms with E-state index in [1.54, 1.807) is 35.4 Å². The molecule has 0 atom stereocenters. The molecule has 0 spiro atoms. The summed E-state index contributed by atoms with van der Waals surface area (Å²) in [6.45, 7) is 0.964. The first-order chi connectivity index (χ1) is 11.6. The predicted molar refractivity (Wildman–Crippen MR) is 84.7 cm³/mol. The Labute approximate surface area is 138 Å². The van der Waals surface area contributed by atoms with Gasteiger partial charge in [0, 0.05) is 44.3 Å². The van der Waals surface area contributed by atoms with Crippen LogP contribution in [0.25, 0.3) is 0 Å². The first-order valence-corrected chi connectivity index (χ1v) is 7.62. The number of nitrogens with zero attached hydrogens (tertiary/aromatic N) is 4. The number of rotatable bonds is 4. The van der Waals surface area contributed by atoms with E-state index in [1.807, 2.05) is 0 Å². The predicted octanol–water partition coefficient (Wildman–Crippen LogP) is 2.07. The van der Waals surface area contributed by atoms with Crippen LogP contribution < -0.4 is 4.74 Å². The van der Waals surface area contributed by atoms with E-state index >= 15 is 0 Å². The normalized spacial score (nSPS) is 15.1. The van der Waals surface area contributed by atoms with Gasteiger partial charge in [-0.25, -0.2) is 0 Å². The van der Waals surface area contributed by atoms with Crippen LogP contribution in [0.2, 0.25) is 0 Å². The molecule has 2 heterocycles. The fraction of sp³-hybridized carbons (Fsp3) is 0.312. The van der Waals surface area contributed by atoms with Crippen LogP contribution in [0.5, 0.6) is 5.88 Å². The average molecular weight is 328 g/mol. The SMILES string of the molecule is O=C(c1ccccc1[N+](=O)[O-])N1CCC(Oc2cccnn2)CC1. The summed E-state index contributed by atoms with van der Waals surface area (Å²) in [6.07, 6.45) is 2.81. The van der Waals surface area contributed by atoms with Gasteiger partial charge in [-0.05, 0) is 12.1 Å². The number of carbonyl (C=O) groups excluding carboxylic acids is 1. The molecule has 124 valence electrons. The monoisotopic (exact) mass is 328 g/mol. The van der Waals surface area contributed by atoms with Gasteiger partial charge in [-0.15, -0.1) is 5.10 Å². The molecule has 2 aromatic rings. The largest absolute Gasteiger partial charge is 0.473 e. The molecule has 0 aliphatic carbocycles. The van der Waals surface area contributed by atoms with E-state index in [9.17, 15) is 14.9 Å². The molecule has 24 heavy (non-hydrogen) atoms. The summed E-state index contributed by atoms with van der Waals surface area (Å²) in [4.78, 5) is 24.7. The fourth-order valence-electron chi connectivity index (χ4n) is 2.68. The Morgan fingerprint density at radius 1 is 1.21 bits per heavy atom. The highest BCUT2D eigenvalue weighted by molar-refractivity contribution is 5.98. The number of ether oxygens (including phenoxy) is 1. The van der Waals surface area contributed by atoms with Crippen molar-refractivity contribution in [3.05, 3.63) is 58.3 Å². The molecular weight excluding hydrogens is 312 g/mol. The third kappa shape index (κ3) is 3.48. The van der Waals surface area contributed by atoms with Crippen molar-refractivity contribution >= 4 is 11.6 Å². The molecule has 1 aliphatic rings. The second kappa shape index (κ2) is 7.03. The van der Waals surface area contributed by atoms with E-state index in [1.165, 1.54) is 12.1 Å². The number of nitro benzene ring substituents is 1. The highest BCUT2D eigenvalue weighted by Gasteiger charge is 2.28. The Bertz CT molecular complexity index is 730. The summed E-state index contributed by atoms with van der Waals surface area (Å²) in [7, 11) is 0. The van der Waals surface area contributed by atoms with Crippen molar-refractivity contribution in [2.24, 2.45) is 0 Å². The molecule has 0 radical (unpaired) electrons. The Hall–Kier alpha value is -3.03. The first-order valence-electron chi connectivity index (χ1n) is 7.62. The summed E-state index contributed by atoms with van der Waals surface area (Å²) in [6, 6.07) is 9.49. The maximum absolute atomic E-state index is 12.5. The van der Waals surface area contributed by atoms with Gasteiger partial charge in [-0.1, -0.05) is 12.1 Å². The van der Waals surface area contributed by atoms with E-state index in [2.05, 4.69) is 10.2 Å². The van der Waals surface area contributed by atoms with E-state index in [-0.39, 0.29) is 23.3 Å². The molecule has 0 N–H and O–H groups in total. The van der Waals surface area contributed by atoms with Gasteiger partial charge in [0.05, 0.1) is 4.92 Å². The van der Waals surface area contributed by atoms with Crippen LogP contribution in [-0.2, 0) is 0 Å². The lowest BCUT2D eigenvalue weighted by molar-refractivity contribution is -0.385. The smallest absolute Gasteiger partial charge is 0.282 e. The number of piperidine rings is 1. The van der Waals surface area contributed by atoms with Crippen LogP contribution in [-0.4, -0.2) is 45.1 Å². The molecule has 1 saturated heterocycles. The van der Waals surface area contributed by atoms with Gasteiger partial charge >= 0.3 is 0 Å². The van der Waals surface area contributed by atoms with E-state index in [0.717, 1.165) is 0 Å². The van der Waals surface area contributed by atoms with Crippen molar-refractivity contribution in [3.63, 3.8) is 0 Å². The third-order valence-electron chi connectivity index (χ3n) is 3.90. The number of hydrogen-bond donors (Lipinski definition) is 0. The van der Waals surface area contributed by atoms with Crippen molar-refractivity contribution in [2.75, 3.05) is 13.1 Å². The van der Waals surface area contributed by atoms with Crippen LogP contribution in [0.1, 0.15) is 23.2 Å². The van der Waals surface area contributed by atoms with Crippen LogP contribution in [0, 0.1) is 10.1 Å². The molecule has 1 aromatic heterocycles. The van der Waals surface area contributed by atoms with Crippen LogP contribution in [0.3, 0.4) is 0 Å². The Morgan fingerprint density at radius 2 is 1.96 bits per heavy atom. The maximum Gasteiger partial charge on any atom is 0.282 e. The number of hydrogen-bond acceptors (Lipinski definition) is 6. The molecule has 1 aliphatic heterocycles. The van der Waals surface area contributed by atoms with Crippen molar-refractivity contribution < 1.29 is 14.5 Å². The zero-order valence-corrected chi connectivity index (χ0v) is 12.9. The lowest BCUT2D eigenvalue weighted by Gasteiger charge is -2.31. The Morgan fingerprint density at radius 3 is 2.62 bits per heavy atom. The zero-order valence-electron chi connectivity index (χ0n) is 12.9. The number of benzene rings is 1. The van der Waals surface area contributed by atoms with Crippen LogP contribution in [0.15, 0.2) is 42.6 Å². The van der Waals surface area contributed by atoms with Gasteiger partial charge in [0.25, 0.3) is 11.6 Å². The third-order valence-corrected chi connectivity index (χ3v) is 3.90. The second-order valence-corrected chi connectivity index (χ2v) is 5.45. The van der Waals surface area contributed by atoms with E-state index in [0.29, 0.717) is 31.8 Å². The quantitative estimate of drug-likeness (QED) is 0.629. The van der Waals surface area contributed by atoms with E-state index in [4.69, 9.17) is 4.74 Å². The average Bonchev–Trinajstić information content (AvgIpc) is 2.62. The molecule has 8 heteroatoms. The van der Waals surface area contributed by atoms with Crippen molar-refractivity contribution in [2.45, 2.75) is 18.9 Å². The van der Waals surface area contributed by atoms with E-state index < -0.39 is 4.92 Å². The molecule has 1 aromatic carbocycles. The molecule has 1 amide bonds. The molecule has 3 rings (SSSR count). The summed E-state index contributed by atoms with van der Waals surface area (Å²) in [5.41, 5.74) is -0.0452. The molecule has 8 nitrogen and oxygen atoms in total. The van der Waals surface area contributed by atoms with Gasteiger partial charge in [0.15, 0.2) is 0 Å². The minimum absolute atomic E-state index is 0.0449. The van der Waals surface area contributed by atoms with Gasteiger partial charge in [-0.2, -0.15) is 5.10 Å². The summed E-state index contributed by atoms with van der Waals surface area (Å²) in [5, 5.41) is 18.7. The molecular formula is C16H16N4O4. The number of amides is 1. The summed E-state index contributed by atoms with van der Waals surface area (Å²) in [5.74, 6) is 0.140. The standard InChI is InChI=1S/C16H16N4O4/c21-16(13-4-1-2-5-14(13)20(22)23)19-10-7-12(8-11-19)24-15-6-3-9-17-18-15/h1-6,9,12H,7-8,10-11H2. The Balaban J connectivity index is 1.62. The summed E-state index contributed by atoms with van der Waals surface area (Å²) < 4.78 is 5.73. The molecule has 0 bridgehead atoms. The van der Waals surface area contributed by atoms with Gasteiger partial charge in [0.1, 0.15) is 11.7 Å². The van der Waals surface area contributed by atoms with Crippen molar-refractivity contribution in [1.82, 2.24) is 15.1 Å². The number of para-hydroxylation sites is 1. The Kier molecular flexibility index (Phi) is 4.64. The number of carbonyl (C=O) groups is 1. The highest BCUT2D eigenvalue weighted by Crippen LogP contribution is 2.23. The lowest BCUT2D eigenvalue weighted by atomic mass is 10.1. The minimum atomic E-state index is -0.531. The molecule has 0 saturated carbocycles. The zero-order chi connectivity index (χ0) is 16.9. The fourth-order valence-corrected chi connectivity index (χ4v) is 2.68. The second-order valence-electron chi connectivity index (χ2n) is 5.45. The van der Waals surface area contributed by atoms with Gasteiger partial charge < -0.3 is 9.64 Å².